The van der Waals surface area contributed by atoms with Crippen molar-refractivity contribution in [1.29, 1.82) is 0 Å². The molecule has 3 rings (SSSR count). The SMILES string of the molecule is C=CCN1CCN([C@H](CC)c2nnnn2Cc2ccc(OC)cc2)CC1. The predicted molar refractivity (Wildman–Crippen MR) is 101 cm³/mol. The summed E-state index contributed by atoms with van der Waals surface area (Å²) in [5, 5.41) is 12.5. The molecule has 26 heavy (non-hydrogen) atoms. The van der Waals surface area contributed by atoms with Crippen LogP contribution < -0.4 is 4.74 Å². The second kappa shape index (κ2) is 8.91. The Bertz CT molecular complexity index is 690. The number of benzene rings is 1. The Balaban J connectivity index is 1.70. The molecule has 1 fully saturated rings. The van der Waals surface area contributed by atoms with Gasteiger partial charge in [-0.15, -0.1) is 11.7 Å². The van der Waals surface area contributed by atoms with E-state index in [9.17, 15) is 0 Å². The minimum Gasteiger partial charge on any atom is -0.497 e. The number of nitrogens with zero attached hydrogens (tertiary/aromatic N) is 6. The van der Waals surface area contributed by atoms with Crippen LogP contribution in [0.3, 0.4) is 0 Å². The van der Waals surface area contributed by atoms with E-state index < -0.39 is 0 Å². The highest BCUT2D eigenvalue weighted by Gasteiger charge is 2.27. The van der Waals surface area contributed by atoms with Crippen molar-refractivity contribution in [2.75, 3.05) is 39.8 Å². The number of ether oxygens (including phenoxy) is 1. The number of hydrogen-bond acceptors (Lipinski definition) is 6. The highest BCUT2D eigenvalue weighted by molar-refractivity contribution is 5.27. The van der Waals surface area contributed by atoms with Crippen LogP contribution in [0.4, 0.5) is 0 Å². The molecule has 0 spiro atoms. The van der Waals surface area contributed by atoms with Crippen molar-refractivity contribution in [1.82, 2.24) is 30.0 Å². The van der Waals surface area contributed by atoms with Crippen LogP contribution in [0.1, 0.15) is 30.8 Å². The number of aromatic nitrogens is 4. The van der Waals surface area contributed by atoms with E-state index in [4.69, 9.17) is 4.74 Å². The van der Waals surface area contributed by atoms with Crippen LogP contribution in [0.15, 0.2) is 36.9 Å². The first kappa shape index (κ1) is 18.5. The predicted octanol–water partition coefficient (Wildman–Crippen LogP) is 1.98. The summed E-state index contributed by atoms with van der Waals surface area (Å²) in [6, 6.07) is 8.29. The zero-order valence-corrected chi connectivity index (χ0v) is 15.7. The smallest absolute Gasteiger partial charge is 0.168 e. The van der Waals surface area contributed by atoms with E-state index in [1.165, 1.54) is 0 Å². The zero-order valence-electron chi connectivity index (χ0n) is 15.7. The fourth-order valence-corrected chi connectivity index (χ4v) is 3.51. The van der Waals surface area contributed by atoms with Gasteiger partial charge in [-0.05, 0) is 34.5 Å². The minimum atomic E-state index is 0.245. The van der Waals surface area contributed by atoms with Gasteiger partial charge in [0.05, 0.1) is 19.7 Å². The molecule has 0 radical (unpaired) electrons. The summed E-state index contributed by atoms with van der Waals surface area (Å²) in [6.07, 6.45) is 2.97. The van der Waals surface area contributed by atoms with Crippen molar-refractivity contribution in [2.24, 2.45) is 0 Å². The van der Waals surface area contributed by atoms with Gasteiger partial charge in [0.15, 0.2) is 5.82 Å². The third kappa shape index (κ3) is 4.28. The second-order valence-corrected chi connectivity index (χ2v) is 6.59. The van der Waals surface area contributed by atoms with Gasteiger partial charge in [0.1, 0.15) is 5.75 Å². The highest BCUT2D eigenvalue weighted by Crippen LogP contribution is 2.24. The van der Waals surface area contributed by atoms with E-state index in [0.717, 1.165) is 56.3 Å². The molecule has 0 saturated carbocycles. The summed E-state index contributed by atoms with van der Waals surface area (Å²) in [5.74, 6) is 1.80. The van der Waals surface area contributed by atoms with Gasteiger partial charge >= 0.3 is 0 Å². The van der Waals surface area contributed by atoms with Crippen LogP contribution in [-0.4, -0.2) is 69.8 Å². The summed E-state index contributed by atoms with van der Waals surface area (Å²) in [4.78, 5) is 4.92. The molecule has 0 bridgehead atoms. The van der Waals surface area contributed by atoms with Gasteiger partial charge in [-0.25, -0.2) is 4.68 Å². The molecule has 0 N–H and O–H groups in total. The van der Waals surface area contributed by atoms with Crippen molar-refractivity contribution in [2.45, 2.75) is 25.9 Å². The molecular weight excluding hydrogens is 328 g/mol. The second-order valence-electron chi connectivity index (χ2n) is 6.59. The van der Waals surface area contributed by atoms with Gasteiger partial charge in [-0.2, -0.15) is 0 Å². The van der Waals surface area contributed by atoms with E-state index in [1.54, 1.807) is 7.11 Å². The molecule has 0 amide bonds. The molecular formula is C19H28N6O. The molecule has 1 aliphatic rings. The summed E-state index contributed by atoms with van der Waals surface area (Å²) >= 11 is 0. The van der Waals surface area contributed by atoms with Crippen LogP contribution in [0.5, 0.6) is 5.75 Å². The fourth-order valence-electron chi connectivity index (χ4n) is 3.51. The Morgan fingerprint density at radius 3 is 2.54 bits per heavy atom. The average molecular weight is 356 g/mol. The van der Waals surface area contributed by atoms with Crippen molar-refractivity contribution in [3.05, 3.63) is 48.3 Å². The summed E-state index contributed by atoms with van der Waals surface area (Å²) in [7, 11) is 1.68. The number of methoxy groups -OCH3 is 1. The Morgan fingerprint density at radius 2 is 1.92 bits per heavy atom. The lowest BCUT2D eigenvalue weighted by molar-refractivity contribution is 0.0949. The Labute approximate surface area is 155 Å². The van der Waals surface area contributed by atoms with Crippen LogP contribution in [0.2, 0.25) is 0 Å². The summed E-state index contributed by atoms with van der Waals surface area (Å²) < 4.78 is 7.15. The first-order valence-electron chi connectivity index (χ1n) is 9.21. The highest BCUT2D eigenvalue weighted by atomic mass is 16.5. The summed E-state index contributed by atoms with van der Waals surface area (Å²) in [5.41, 5.74) is 1.16. The number of tetrazole rings is 1. The Morgan fingerprint density at radius 1 is 1.19 bits per heavy atom. The van der Waals surface area contributed by atoms with Gasteiger partial charge in [0.2, 0.25) is 0 Å². The molecule has 0 unspecified atom stereocenters. The maximum Gasteiger partial charge on any atom is 0.168 e. The molecule has 2 heterocycles. The normalized spacial score (nSPS) is 17.2. The van der Waals surface area contributed by atoms with Crippen LogP contribution >= 0.6 is 0 Å². The van der Waals surface area contributed by atoms with Gasteiger partial charge in [-0.1, -0.05) is 25.1 Å². The molecule has 0 aliphatic carbocycles. The zero-order chi connectivity index (χ0) is 18.4. The Kier molecular flexibility index (Phi) is 6.35. The van der Waals surface area contributed by atoms with Crippen molar-refractivity contribution >= 4 is 0 Å². The Hall–Kier alpha value is -2.25. The third-order valence-electron chi connectivity index (χ3n) is 4.97. The first-order valence-corrected chi connectivity index (χ1v) is 9.21. The van der Waals surface area contributed by atoms with Crippen molar-refractivity contribution < 1.29 is 4.74 Å². The first-order chi connectivity index (χ1) is 12.7. The van der Waals surface area contributed by atoms with Gasteiger partial charge in [0, 0.05) is 32.7 Å². The minimum absolute atomic E-state index is 0.245. The standard InChI is InChI=1S/C19H28N6O/c1-4-10-23-11-13-24(14-12-23)18(5-2)19-20-21-22-25(19)15-16-6-8-17(26-3)9-7-16/h4,6-9,18H,1,5,10-15H2,2-3H3/t18-/m1/s1. The monoisotopic (exact) mass is 356 g/mol. The molecule has 1 aliphatic heterocycles. The number of hydrogen-bond donors (Lipinski definition) is 0. The topological polar surface area (TPSA) is 59.3 Å². The largest absolute Gasteiger partial charge is 0.497 e. The van der Waals surface area contributed by atoms with E-state index in [-0.39, 0.29) is 6.04 Å². The molecule has 7 nitrogen and oxygen atoms in total. The number of piperazine rings is 1. The van der Waals surface area contributed by atoms with Crippen LogP contribution in [-0.2, 0) is 6.54 Å². The maximum absolute atomic E-state index is 5.23. The number of rotatable bonds is 8. The molecule has 1 aromatic heterocycles. The van der Waals surface area contributed by atoms with Gasteiger partial charge in [0.25, 0.3) is 0 Å². The average Bonchev–Trinajstić information content (AvgIpc) is 3.12. The lowest BCUT2D eigenvalue weighted by Gasteiger charge is -2.38. The van der Waals surface area contributed by atoms with E-state index in [2.05, 4.69) is 51.0 Å². The quantitative estimate of drug-likeness (QED) is 0.674. The lowest BCUT2D eigenvalue weighted by atomic mass is 10.1. The third-order valence-corrected chi connectivity index (χ3v) is 4.97. The maximum atomic E-state index is 5.23. The van der Waals surface area contributed by atoms with Crippen LogP contribution in [0, 0.1) is 0 Å². The van der Waals surface area contributed by atoms with E-state index in [0.29, 0.717) is 6.54 Å². The van der Waals surface area contributed by atoms with E-state index >= 15 is 0 Å². The van der Waals surface area contributed by atoms with Crippen LogP contribution in [0.25, 0.3) is 0 Å². The van der Waals surface area contributed by atoms with E-state index in [1.807, 2.05) is 22.9 Å². The molecule has 7 heteroatoms. The molecule has 1 atom stereocenters. The van der Waals surface area contributed by atoms with Gasteiger partial charge < -0.3 is 4.74 Å². The summed E-state index contributed by atoms with van der Waals surface area (Å²) in [6.45, 7) is 11.8. The van der Waals surface area contributed by atoms with Gasteiger partial charge in [-0.3, -0.25) is 9.80 Å². The van der Waals surface area contributed by atoms with Crippen molar-refractivity contribution in [3.8, 4) is 5.75 Å². The van der Waals surface area contributed by atoms with Crippen molar-refractivity contribution in [3.63, 3.8) is 0 Å². The fraction of sp³-hybridized carbons (Fsp3) is 0.526. The molecule has 2 aromatic rings. The lowest BCUT2D eigenvalue weighted by Crippen LogP contribution is -2.47. The molecule has 1 saturated heterocycles. The molecule has 140 valence electrons. The molecule has 1 aromatic carbocycles.